The average Bonchev–Trinajstić information content (AvgIpc) is 3.02. The summed E-state index contributed by atoms with van der Waals surface area (Å²) in [5, 5.41) is 15.4. The van der Waals surface area contributed by atoms with Gasteiger partial charge < -0.3 is 0 Å². The van der Waals surface area contributed by atoms with E-state index in [0.29, 0.717) is 5.82 Å². The molecule has 0 aliphatic heterocycles. The minimum Gasteiger partial charge on any atom is -0.266 e. The van der Waals surface area contributed by atoms with Crippen LogP contribution in [0.25, 0.3) is 5.82 Å². The molecule has 0 saturated heterocycles. The first-order chi connectivity index (χ1) is 8.83. The number of tetrazole rings is 1. The largest absolute Gasteiger partial charge is 0.266 e. The maximum absolute atomic E-state index is 4.43. The molecule has 18 heavy (non-hydrogen) atoms. The lowest BCUT2D eigenvalue weighted by atomic mass is 10.1. The summed E-state index contributed by atoms with van der Waals surface area (Å²) in [6, 6.07) is 10.2. The van der Waals surface area contributed by atoms with Crippen molar-refractivity contribution in [3.63, 3.8) is 0 Å². The second-order valence-corrected chi connectivity index (χ2v) is 4.05. The van der Waals surface area contributed by atoms with Crippen LogP contribution in [0.3, 0.4) is 0 Å². The lowest BCUT2D eigenvalue weighted by Crippen LogP contribution is -2.04. The van der Waals surface area contributed by atoms with Gasteiger partial charge in [-0.25, -0.2) is 0 Å². The average molecular weight is 240 g/mol. The normalized spacial score (nSPS) is 10.7. The molecule has 0 fully saturated rings. The van der Waals surface area contributed by atoms with E-state index in [1.54, 1.807) is 0 Å². The molecular weight excluding hydrogens is 228 g/mol. The first-order valence-electron chi connectivity index (χ1n) is 5.64. The van der Waals surface area contributed by atoms with Crippen molar-refractivity contribution in [2.24, 2.45) is 0 Å². The van der Waals surface area contributed by atoms with E-state index in [4.69, 9.17) is 0 Å². The number of rotatable bonds is 3. The zero-order valence-corrected chi connectivity index (χ0v) is 9.93. The highest BCUT2D eigenvalue weighted by Gasteiger charge is 2.04. The molecule has 2 heterocycles. The van der Waals surface area contributed by atoms with Crippen LogP contribution in [0.5, 0.6) is 0 Å². The number of aromatic nitrogens is 6. The Balaban J connectivity index is 1.85. The molecule has 0 N–H and O–H groups in total. The van der Waals surface area contributed by atoms with E-state index in [2.05, 4.69) is 39.7 Å². The van der Waals surface area contributed by atoms with Gasteiger partial charge in [-0.05, 0) is 28.5 Å². The lowest BCUT2D eigenvalue weighted by molar-refractivity contribution is 0.661. The van der Waals surface area contributed by atoms with Crippen LogP contribution in [0.15, 0.2) is 42.9 Å². The van der Waals surface area contributed by atoms with E-state index >= 15 is 0 Å². The quantitative estimate of drug-likeness (QED) is 0.690. The summed E-state index contributed by atoms with van der Waals surface area (Å²) in [5.41, 5.74) is 2.51. The van der Waals surface area contributed by atoms with Crippen molar-refractivity contribution >= 4 is 0 Å². The van der Waals surface area contributed by atoms with Gasteiger partial charge in [-0.2, -0.15) is 9.78 Å². The molecule has 0 atom stereocenters. The van der Waals surface area contributed by atoms with Crippen LogP contribution >= 0.6 is 0 Å². The Morgan fingerprint density at radius 2 is 2.06 bits per heavy atom. The minimum atomic E-state index is 0.716. The summed E-state index contributed by atoms with van der Waals surface area (Å²) in [5.74, 6) is 0.716. The SMILES string of the molecule is Cc1ccccc1Cn1ccc(-n2cnnn2)n1. The summed E-state index contributed by atoms with van der Waals surface area (Å²) in [6.45, 7) is 2.84. The van der Waals surface area contributed by atoms with Crippen molar-refractivity contribution in [1.82, 2.24) is 30.0 Å². The van der Waals surface area contributed by atoms with E-state index in [9.17, 15) is 0 Å². The second-order valence-electron chi connectivity index (χ2n) is 4.05. The van der Waals surface area contributed by atoms with E-state index in [0.717, 1.165) is 6.54 Å². The van der Waals surface area contributed by atoms with Gasteiger partial charge >= 0.3 is 0 Å². The highest BCUT2D eigenvalue weighted by Crippen LogP contribution is 2.09. The molecule has 6 nitrogen and oxygen atoms in total. The van der Waals surface area contributed by atoms with Gasteiger partial charge in [0, 0.05) is 12.3 Å². The third kappa shape index (κ3) is 2.00. The molecule has 6 heteroatoms. The van der Waals surface area contributed by atoms with Crippen molar-refractivity contribution in [3.05, 3.63) is 54.0 Å². The molecule has 0 amide bonds. The molecule has 0 aliphatic carbocycles. The van der Waals surface area contributed by atoms with Crippen molar-refractivity contribution in [2.75, 3.05) is 0 Å². The number of hydrogen-bond donors (Lipinski definition) is 0. The van der Waals surface area contributed by atoms with Crippen LogP contribution < -0.4 is 0 Å². The van der Waals surface area contributed by atoms with Crippen LogP contribution in [-0.2, 0) is 6.54 Å². The van der Waals surface area contributed by atoms with Gasteiger partial charge in [-0.15, -0.1) is 5.10 Å². The summed E-state index contributed by atoms with van der Waals surface area (Å²) in [4.78, 5) is 0. The molecule has 0 saturated carbocycles. The zero-order valence-electron chi connectivity index (χ0n) is 9.93. The van der Waals surface area contributed by atoms with Gasteiger partial charge in [-0.3, -0.25) is 4.68 Å². The molecule has 0 unspecified atom stereocenters. The summed E-state index contributed by atoms with van der Waals surface area (Å²) in [6.07, 6.45) is 3.45. The van der Waals surface area contributed by atoms with Gasteiger partial charge in [-0.1, -0.05) is 24.3 Å². The van der Waals surface area contributed by atoms with Crippen LogP contribution in [0.2, 0.25) is 0 Å². The molecule has 0 aliphatic rings. The van der Waals surface area contributed by atoms with Crippen LogP contribution in [0.1, 0.15) is 11.1 Å². The predicted molar refractivity (Wildman–Crippen MR) is 65.2 cm³/mol. The number of aryl methyl sites for hydroxylation is 1. The maximum atomic E-state index is 4.43. The Bertz CT molecular complexity index is 640. The Labute approximate surface area is 104 Å². The third-order valence-corrected chi connectivity index (χ3v) is 2.80. The fourth-order valence-corrected chi connectivity index (χ4v) is 1.79. The fraction of sp³-hybridized carbons (Fsp3) is 0.167. The molecule has 3 aromatic rings. The van der Waals surface area contributed by atoms with E-state index in [-0.39, 0.29) is 0 Å². The summed E-state index contributed by atoms with van der Waals surface area (Å²) >= 11 is 0. The minimum absolute atomic E-state index is 0.716. The second kappa shape index (κ2) is 4.40. The zero-order chi connectivity index (χ0) is 12.4. The highest BCUT2D eigenvalue weighted by molar-refractivity contribution is 5.26. The monoisotopic (exact) mass is 240 g/mol. The first kappa shape index (κ1) is 10.6. The smallest absolute Gasteiger partial charge is 0.178 e. The molecule has 0 spiro atoms. The first-order valence-corrected chi connectivity index (χ1v) is 5.64. The van der Waals surface area contributed by atoms with Gasteiger partial charge in [0.15, 0.2) is 5.82 Å². The highest BCUT2D eigenvalue weighted by atomic mass is 15.5. The predicted octanol–water partition coefficient (Wildman–Crippen LogP) is 1.22. The molecule has 0 bridgehead atoms. The van der Waals surface area contributed by atoms with Crippen molar-refractivity contribution < 1.29 is 0 Å². The molecule has 2 aromatic heterocycles. The standard InChI is InChI=1S/C12H12N6/c1-10-4-2-3-5-11(10)8-17-7-6-12(14-17)18-9-13-15-16-18/h2-7,9H,8H2,1H3. The fourth-order valence-electron chi connectivity index (χ4n) is 1.79. The Morgan fingerprint density at radius 1 is 1.17 bits per heavy atom. The van der Waals surface area contributed by atoms with E-state index in [1.807, 2.05) is 29.1 Å². The molecule has 0 radical (unpaired) electrons. The van der Waals surface area contributed by atoms with Gasteiger partial charge in [0.25, 0.3) is 0 Å². The summed E-state index contributed by atoms with van der Waals surface area (Å²) in [7, 11) is 0. The van der Waals surface area contributed by atoms with Gasteiger partial charge in [0.2, 0.25) is 0 Å². The third-order valence-electron chi connectivity index (χ3n) is 2.80. The van der Waals surface area contributed by atoms with Gasteiger partial charge in [0.05, 0.1) is 6.54 Å². The van der Waals surface area contributed by atoms with E-state index < -0.39 is 0 Å². The lowest BCUT2D eigenvalue weighted by Gasteiger charge is -2.05. The van der Waals surface area contributed by atoms with Crippen LogP contribution in [0, 0.1) is 6.92 Å². The molecule has 3 rings (SSSR count). The molecule has 1 aromatic carbocycles. The Hall–Kier alpha value is -2.50. The maximum Gasteiger partial charge on any atom is 0.178 e. The van der Waals surface area contributed by atoms with Crippen LogP contribution in [-0.4, -0.2) is 30.0 Å². The number of nitrogens with zero attached hydrogens (tertiary/aromatic N) is 6. The number of hydrogen-bond acceptors (Lipinski definition) is 4. The van der Waals surface area contributed by atoms with Gasteiger partial charge in [0.1, 0.15) is 6.33 Å². The molecule has 90 valence electrons. The number of benzene rings is 1. The Morgan fingerprint density at radius 3 is 2.83 bits per heavy atom. The van der Waals surface area contributed by atoms with Crippen molar-refractivity contribution in [2.45, 2.75) is 13.5 Å². The van der Waals surface area contributed by atoms with Crippen LogP contribution in [0.4, 0.5) is 0 Å². The Kier molecular flexibility index (Phi) is 2.60. The molecular formula is C12H12N6. The topological polar surface area (TPSA) is 61.4 Å². The summed E-state index contributed by atoms with van der Waals surface area (Å²) < 4.78 is 3.41. The van der Waals surface area contributed by atoms with E-state index in [1.165, 1.54) is 22.1 Å². The van der Waals surface area contributed by atoms with Crippen molar-refractivity contribution in [1.29, 1.82) is 0 Å². The van der Waals surface area contributed by atoms with Crippen molar-refractivity contribution in [3.8, 4) is 5.82 Å².